The molecule has 0 radical (unpaired) electrons. The Bertz CT molecular complexity index is 504. The highest BCUT2D eigenvalue weighted by atomic mass is 16.6. The summed E-state index contributed by atoms with van der Waals surface area (Å²) in [6, 6.07) is 0. The van der Waals surface area contributed by atoms with E-state index in [1.165, 1.54) is 0 Å². The molecule has 4 heteroatoms. The SMILES string of the molecule is C=C1C(=O)O[C@H]2C[C@]3(CO3)[C@@H]3CCC(=O)[C@@]3(C)C[C@H]12. The van der Waals surface area contributed by atoms with E-state index in [2.05, 4.69) is 13.5 Å². The van der Waals surface area contributed by atoms with Gasteiger partial charge >= 0.3 is 5.97 Å². The second-order valence-corrected chi connectivity index (χ2v) is 6.77. The summed E-state index contributed by atoms with van der Waals surface area (Å²) in [5.41, 5.74) is -0.0414. The summed E-state index contributed by atoms with van der Waals surface area (Å²) in [5.74, 6) is 0.300. The summed E-state index contributed by atoms with van der Waals surface area (Å²) in [6.45, 7) is 6.63. The molecule has 0 N–H and O–H groups in total. The van der Waals surface area contributed by atoms with Crippen LogP contribution in [0, 0.1) is 17.3 Å². The molecular weight excluding hydrogens is 244 g/mol. The van der Waals surface area contributed by atoms with Crippen LogP contribution in [0.2, 0.25) is 0 Å². The second-order valence-electron chi connectivity index (χ2n) is 6.77. The zero-order valence-corrected chi connectivity index (χ0v) is 11.1. The van der Waals surface area contributed by atoms with E-state index in [-0.39, 0.29) is 34.9 Å². The maximum absolute atomic E-state index is 12.4. The van der Waals surface area contributed by atoms with Gasteiger partial charge in [0, 0.05) is 35.7 Å². The molecule has 4 fully saturated rings. The number of esters is 1. The highest BCUT2D eigenvalue weighted by molar-refractivity contribution is 5.92. The van der Waals surface area contributed by atoms with Crippen molar-refractivity contribution >= 4 is 11.8 Å². The van der Waals surface area contributed by atoms with Gasteiger partial charge in [-0.25, -0.2) is 4.79 Å². The molecule has 2 aliphatic heterocycles. The van der Waals surface area contributed by atoms with E-state index in [1.54, 1.807) is 0 Å². The smallest absolute Gasteiger partial charge is 0.334 e. The topological polar surface area (TPSA) is 55.9 Å². The summed E-state index contributed by atoms with van der Waals surface area (Å²) in [7, 11) is 0. The van der Waals surface area contributed by atoms with Gasteiger partial charge in [-0.05, 0) is 12.8 Å². The monoisotopic (exact) mass is 262 g/mol. The van der Waals surface area contributed by atoms with Crippen LogP contribution in [0.15, 0.2) is 12.2 Å². The van der Waals surface area contributed by atoms with E-state index in [1.807, 2.05) is 0 Å². The van der Waals surface area contributed by atoms with Crippen LogP contribution in [0.5, 0.6) is 0 Å². The van der Waals surface area contributed by atoms with Crippen LogP contribution in [0.4, 0.5) is 0 Å². The lowest BCUT2D eigenvalue weighted by molar-refractivity contribution is -0.140. The van der Waals surface area contributed by atoms with Gasteiger partial charge in [0.05, 0.1) is 12.2 Å². The Morgan fingerprint density at radius 3 is 2.74 bits per heavy atom. The fourth-order valence-electron chi connectivity index (χ4n) is 4.63. The largest absolute Gasteiger partial charge is 0.458 e. The molecule has 0 aromatic carbocycles. The standard InChI is InChI=1S/C15H18O4/c1-8-9-5-14(2)11(3-4-12(14)16)15(7-18-15)6-10(9)19-13(8)17/h9-11H,1,3-7H2,2H3/t9-,10+,11-,14+,15+/m1/s1. The van der Waals surface area contributed by atoms with E-state index in [9.17, 15) is 9.59 Å². The average molecular weight is 262 g/mol. The summed E-state index contributed by atoms with van der Waals surface area (Å²) < 4.78 is 11.2. The summed E-state index contributed by atoms with van der Waals surface area (Å²) in [4.78, 5) is 24.1. The number of fused-ring (bicyclic) bond motifs is 3. The van der Waals surface area contributed by atoms with Crippen molar-refractivity contribution in [2.24, 2.45) is 17.3 Å². The van der Waals surface area contributed by atoms with Gasteiger partial charge in [-0.15, -0.1) is 0 Å². The van der Waals surface area contributed by atoms with E-state index in [4.69, 9.17) is 9.47 Å². The summed E-state index contributed by atoms with van der Waals surface area (Å²) in [6.07, 6.45) is 2.84. The van der Waals surface area contributed by atoms with Gasteiger partial charge in [-0.3, -0.25) is 4.79 Å². The first-order valence-electron chi connectivity index (χ1n) is 7.03. The van der Waals surface area contributed by atoms with Crippen molar-refractivity contribution in [3.05, 3.63) is 12.2 Å². The van der Waals surface area contributed by atoms with Crippen LogP contribution < -0.4 is 0 Å². The molecule has 0 aromatic heterocycles. The molecule has 0 aromatic rings. The van der Waals surface area contributed by atoms with Gasteiger partial charge in [0.2, 0.25) is 0 Å². The molecule has 19 heavy (non-hydrogen) atoms. The number of carbonyl (C=O) groups excluding carboxylic acids is 2. The molecule has 102 valence electrons. The third kappa shape index (κ3) is 1.33. The van der Waals surface area contributed by atoms with Crippen molar-refractivity contribution in [1.29, 1.82) is 0 Å². The molecule has 2 saturated heterocycles. The Balaban J connectivity index is 1.78. The van der Waals surface area contributed by atoms with Crippen molar-refractivity contribution < 1.29 is 19.1 Å². The van der Waals surface area contributed by atoms with Crippen LogP contribution in [0.3, 0.4) is 0 Å². The molecule has 4 aliphatic rings. The fourth-order valence-corrected chi connectivity index (χ4v) is 4.63. The molecule has 1 spiro atoms. The van der Waals surface area contributed by atoms with Crippen molar-refractivity contribution in [2.75, 3.05) is 6.61 Å². The maximum Gasteiger partial charge on any atom is 0.334 e. The average Bonchev–Trinajstić information content (AvgIpc) is 3.02. The van der Waals surface area contributed by atoms with Gasteiger partial charge in [0.1, 0.15) is 11.9 Å². The molecule has 2 saturated carbocycles. The Morgan fingerprint density at radius 1 is 1.32 bits per heavy atom. The van der Waals surface area contributed by atoms with Gasteiger partial charge in [-0.1, -0.05) is 13.5 Å². The number of ether oxygens (including phenoxy) is 2. The minimum absolute atomic E-state index is 0.00868. The van der Waals surface area contributed by atoms with Crippen LogP contribution in [0.1, 0.15) is 32.6 Å². The van der Waals surface area contributed by atoms with Gasteiger partial charge in [-0.2, -0.15) is 0 Å². The molecule has 2 aliphatic carbocycles. The zero-order chi connectivity index (χ0) is 13.4. The van der Waals surface area contributed by atoms with E-state index < -0.39 is 0 Å². The first-order chi connectivity index (χ1) is 8.96. The Labute approximate surface area is 112 Å². The van der Waals surface area contributed by atoms with E-state index in [0.29, 0.717) is 30.8 Å². The lowest BCUT2D eigenvalue weighted by Crippen LogP contribution is -2.37. The predicted molar refractivity (Wildman–Crippen MR) is 66.3 cm³/mol. The minimum atomic E-state index is -0.368. The summed E-state index contributed by atoms with van der Waals surface area (Å²) in [5, 5.41) is 0. The zero-order valence-electron chi connectivity index (χ0n) is 11.1. The highest BCUT2D eigenvalue weighted by Gasteiger charge is 2.67. The quantitative estimate of drug-likeness (QED) is 0.378. The predicted octanol–water partition coefficient (Wildman–Crippen LogP) is 1.63. The molecule has 4 nitrogen and oxygen atoms in total. The first-order valence-corrected chi connectivity index (χ1v) is 7.03. The lowest BCUT2D eigenvalue weighted by Gasteiger charge is -2.32. The van der Waals surface area contributed by atoms with Crippen LogP contribution >= 0.6 is 0 Å². The Kier molecular flexibility index (Phi) is 2.02. The van der Waals surface area contributed by atoms with E-state index >= 15 is 0 Å². The van der Waals surface area contributed by atoms with Crippen molar-refractivity contribution in [1.82, 2.24) is 0 Å². The maximum atomic E-state index is 12.4. The number of epoxide rings is 1. The van der Waals surface area contributed by atoms with Crippen molar-refractivity contribution in [2.45, 2.75) is 44.3 Å². The molecule has 4 rings (SSSR count). The van der Waals surface area contributed by atoms with Gasteiger partial charge < -0.3 is 9.47 Å². The molecule has 0 bridgehead atoms. The first kappa shape index (κ1) is 11.6. The molecule has 0 unspecified atom stereocenters. The normalized spacial score (nSPS) is 51.8. The third-order valence-corrected chi connectivity index (χ3v) is 5.82. The van der Waals surface area contributed by atoms with Crippen LogP contribution in [-0.2, 0) is 19.1 Å². The lowest BCUT2D eigenvalue weighted by atomic mass is 9.69. The number of hydrogen-bond donors (Lipinski definition) is 0. The number of carbonyl (C=O) groups is 2. The number of rotatable bonds is 0. The number of Topliss-reactive ketones (excluding diaryl/α,β-unsaturated/α-hetero) is 1. The van der Waals surface area contributed by atoms with Crippen molar-refractivity contribution in [3.8, 4) is 0 Å². The minimum Gasteiger partial charge on any atom is -0.458 e. The van der Waals surface area contributed by atoms with Crippen LogP contribution in [-0.4, -0.2) is 30.1 Å². The van der Waals surface area contributed by atoms with Crippen molar-refractivity contribution in [3.63, 3.8) is 0 Å². The molecular formula is C15H18O4. The highest BCUT2D eigenvalue weighted by Crippen LogP contribution is 2.61. The Hall–Kier alpha value is -1.16. The number of ketones is 1. The number of hydrogen-bond acceptors (Lipinski definition) is 4. The third-order valence-electron chi connectivity index (χ3n) is 5.82. The second kappa shape index (κ2) is 3.29. The molecule has 0 amide bonds. The van der Waals surface area contributed by atoms with E-state index in [0.717, 1.165) is 12.8 Å². The Morgan fingerprint density at radius 2 is 2.05 bits per heavy atom. The fraction of sp³-hybridized carbons (Fsp3) is 0.733. The molecule has 2 heterocycles. The molecule has 5 atom stereocenters. The van der Waals surface area contributed by atoms with Gasteiger partial charge in [0.25, 0.3) is 0 Å². The summed E-state index contributed by atoms with van der Waals surface area (Å²) >= 11 is 0. The van der Waals surface area contributed by atoms with Crippen LogP contribution in [0.25, 0.3) is 0 Å². The van der Waals surface area contributed by atoms with Gasteiger partial charge in [0.15, 0.2) is 0 Å².